The average Bonchev–Trinajstić information content (AvgIpc) is 1.66. The van der Waals surface area contributed by atoms with Crippen molar-refractivity contribution in [3.63, 3.8) is 0 Å². The minimum Gasteiger partial charge on any atom is -0.389 e. The summed E-state index contributed by atoms with van der Waals surface area (Å²) in [6, 6.07) is 0. The molecule has 0 aromatic carbocycles. The standard InChI is InChI=1S/C6H12O2/c1-6(7)4-3-5-8-2/h3-4,6-7H,5H2,1-2H3/b4-3+. The van der Waals surface area contributed by atoms with Crippen molar-refractivity contribution in [1.82, 2.24) is 0 Å². The van der Waals surface area contributed by atoms with Gasteiger partial charge >= 0.3 is 0 Å². The molecule has 0 spiro atoms. The molecule has 0 heterocycles. The topological polar surface area (TPSA) is 29.5 Å². The van der Waals surface area contributed by atoms with Gasteiger partial charge in [-0.05, 0) is 6.92 Å². The van der Waals surface area contributed by atoms with Gasteiger partial charge in [0.05, 0.1) is 12.7 Å². The van der Waals surface area contributed by atoms with E-state index in [0.29, 0.717) is 6.61 Å². The van der Waals surface area contributed by atoms with Crippen molar-refractivity contribution < 1.29 is 9.84 Å². The molecule has 1 N–H and O–H groups in total. The van der Waals surface area contributed by atoms with Gasteiger partial charge in [-0.3, -0.25) is 0 Å². The van der Waals surface area contributed by atoms with Crippen molar-refractivity contribution in [3.8, 4) is 0 Å². The summed E-state index contributed by atoms with van der Waals surface area (Å²) in [5.41, 5.74) is 0. The zero-order chi connectivity index (χ0) is 6.41. The lowest BCUT2D eigenvalue weighted by atomic mass is 10.4. The molecule has 0 rings (SSSR count). The molecule has 8 heavy (non-hydrogen) atoms. The number of rotatable bonds is 3. The van der Waals surface area contributed by atoms with E-state index in [1.807, 2.05) is 0 Å². The predicted octanol–water partition coefficient (Wildman–Crippen LogP) is 0.570. The largest absolute Gasteiger partial charge is 0.389 e. The van der Waals surface area contributed by atoms with Crippen LogP contribution < -0.4 is 0 Å². The van der Waals surface area contributed by atoms with Gasteiger partial charge in [0.1, 0.15) is 0 Å². The Hall–Kier alpha value is -0.340. The monoisotopic (exact) mass is 116 g/mol. The maximum absolute atomic E-state index is 8.64. The van der Waals surface area contributed by atoms with Crippen LogP contribution in [0.1, 0.15) is 6.92 Å². The van der Waals surface area contributed by atoms with Crippen LogP contribution in [-0.4, -0.2) is 24.9 Å². The molecule has 2 heteroatoms. The fourth-order valence-electron chi connectivity index (χ4n) is 0.349. The summed E-state index contributed by atoms with van der Waals surface area (Å²) in [5, 5.41) is 8.64. The first-order valence-corrected chi connectivity index (χ1v) is 2.61. The highest BCUT2D eigenvalue weighted by molar-refractivity contribution is 4.85. The second kappa shape index (κ2) is 4.81. The van der Waals surface area contributed by atoms with Gasteiger partial charge in [-0.2, -0.15) is 0 Å². The minimum absolute atomic E-state index is 0.356. The summed E-state index contributed by atoms with van der Waals surface area (Å²) in [7, 11) is 1.62. The van der Waals surface area contributed by atoms with Crippen LogP contribution in [0.25, 0.3) is 0 Å². The predicted molar refractivity (Wildman–Crippen MR) is 32.7 cm³/mol. The third-order valence-corrected chi connectivity index (χ3v) is 0.677. The molecule has 0 saturated carbocycles. The van der Waals surface area contributed by atoms with Crippen LogP contribution in [-0.2, 0) is 4.74 Å². The van der Waals surface area contributed by atoms with Crippen molar-refractivity contribution in [2.24, 2.45) is 0 Å². The van der Waals surface area contributed by atoms with E-state index in [1.54, 1.807) is 26.2 Å². The van der Waals surface area contributed by atoms with Crippen molar-refractivity contribution in [1.29, 1.82) is 0 Å². The van der Waals surface area contributed by atoms with Gasteiger partial charge in [0, 0.05) is 7.11 Å². The second-order valence-corrected chi connectivity index (χ2v) is 1.62. The summed E-state index contributed by atoms with van der Waals surface area (Å²) in [6.07, 6.45) is 3.11. The van der Waals surface area contributed by atoms with E-state index >= 15 is 0 Å². The number of hydrogen-bond acceptors (Lipinski definition) is 2. The van der Waals surface area contributed by atoms with Gasteiger partial charge in [-0.1, -0.05) is 12.2 Å². The minimum atomic E-state index is -0.356. The molecular weight excluding hydrogens is 104 g/mol. The molecule has 0 aromatic heterocycles. The van der Waals surface area contributed by atoms with Crippen LogP contribution in [0.2, 0.25) is 0 Å². The molecule has 2 nitrogen and oxygen atoms in total. The quantitative estimate of drug-likeness (QED) is 0.546. The van der Waals surface area contributed by atoms with E-state index in [9.17, 15) is 0 Å². The number of aliphatic hydroxyl groups excluding tert-OH is 1. The van der Waals surface area contributed by atoms with Crippen LogP contribution in [0.3, 0.4) is 0 Å². The Morgan fingerprint density at radius 2 is 2.38 bits per heavy atom. The van der Waals surface area contributed by atoms with Gasteiger partial charge in [-0.15, -0.1) is 0 Å². The fourth-order valence-corrected chi connectivity index (χ4v) is 0.349. The number of aliphatic hydroxyl groups is 1. The smallest absolute Gasteiger partial charge is 0.0693 e. The SMILES string of the molecule is COC/C=C/C(C)O. The molecule has 1 unspecified atom stereocenters. The molecule has 0 aliphatic heterocycles. The molecule has 0 bridgehead atoms. The van der Waals surface area contributed by atoms with E-state index in [0.717, 1.165) is 0 Å². The Labute approximate surface area is 49.8 Å². The van der Waals surface area contributed by atoms with E-state index in [2.05, 4.69) is 0 Å². The Morgan fingerprint density at radius 1 is 1.75 bits per heavy atom. The summed E-state index contributed by atoms with van der Waals surface area (Å²) >= 11 is 0. The normalized spacial score (nSPS) is 14.9. The second-order valence-electron chi connectivity index (χ2n) is 1.62. The first-order valence-electron chi connectivity index (χ1n) is 2.61. The first kappa shape index (κ1) is 7.66. The van der Waals surface area contributed by atoms with Gasteiger partial charge in [-0.25, -0.2) is 0 Å². The average molecular weight is 116 g/mol. The Bertz CT molecular complexity index is 66.9. The lowest BCUT2D eigenvalue weighted by Crippen LogP contribution is -1.93. The van der Waals surface area contributed by atoms with E-state index in [1.165, 1.54) is 0 Å². The van der Waals surface area contributed by atoms with E-state index in [4.69, 9.17) is 9.84 Å². The summed E-state index contributed by atoms with van der Waals surface area (Å²) in [4.78, 5) is 0. The zero-order valence-electron chi connectivity index (χ0n) is 5.29. The van der Waals surface area contributed by atoms with E-state index < -0.39 is 0 Å². The maximum atomic E-state index is 8.64. The Morgan fingerprint density at radius 3 is 2.75 bits per heavy atom. The first-order chi connectivity index (χ1) is 3.77. The Kier molecular flexibility index (Phi) is 4.61. The highest BCUT2D eigenvalue weighted by atomic mass is 16.5. The molecule has 48 valence electrons. The fraction of sp³-hybridized carbons (Fsp3) is 0.667. The highest BCUT2D eigenvalue weighted by Crippen LogP contribution is 1.81. The molecule has 0 amide bonds. The molecule has 0 fully saturated rings. The van der Waals surface area contributed by atoms with Crippen molar-refractivity contribution >= 4 is 0 Å². The molecule has 0 saturated heterocycles. The molecule has 0 aromatic rings. The van der Waals surface area contributed by atoms with Crippen LogP contribution in [0.5, 0.6) is 0 Å². The van der Waals surface area contributed by atoms with Crippen LogP contribution >= 0.6 is 0 Å². The van der Waals surface area contributed by atoms with Gasteiger partial charge in [0.2, 0.25) is 0 Å². The third-order valence-electron chi connectivity index (χ3n) is 0.677. The van der Waals surface area contributed by atoms with Crippen molar-refractivity contribution in [2.45, 2.75) is 13.0 Å². The van der Waals surface area contributed by atoms with E-state index in [-0.39, 0.29) is 6.10 Å². The highest BCUT2D eigenvalue weighted by Gasteiger charge is 1.81. The maximum Gasteiger partial charge on any atom is 0.0693 e. The Balaban J connectivity index is 3.07. The summed E-state index contributed by atoms with van der Waals surface area (Å²) < 4.78 is 4.69. The zero-order valence-corrected chi connectivity index (χ0v) is 5.29. The lowest BCUT2D eigenvalue weighted by molar-refractivity contribution is 0.225. The number of methoxy groups -OCH3 is 1. The third kappa shape index (κ3) is 5.66. The van der Waals surface area contributed by atoms with Gasteiger partial charge in [0.15, 0.2) is 0 Å². The molecular formula is C6H12O2. The van der Waals surface area contributed by atoms with Crippen molar-refractivity contribution in [3.05, 3.63) is 12.2 Å². The molecule has 0 radical (unpaired) electrons. The number of hydrogen-bond donors (Lipinski definition) is 1. The van der Waals surface area contributed by atoms with Crippen molar-refractivity contribution in [2.75, 3.05) is 13.7 Å². The summed E-state index contributed by atoms with van der Waals surface area (Å²) in [5.74, 6) is 0. The van der Waals surface area contributed by atoms with Crippen LogP contribution in [0.15, 0.2) is 12.2 Å². The summed E-state index contributed by atoms with van der Waals surface area (Å²) in [6.45, 7) is 2.27. The van der Waals surface area contributed by atoms with Crippen LogP contribution in [0, 0.1) is 0 Å². The van der Waals surface area contributed by atoms with Crippen LogP contribution in [0.4, 0.5) is 0 Å². The molecule has 0 aliphatic rings. The van der Waals surface area contributed by atoms with Gasteiger partial charge < -0.3 is 9.84 Å². The molecule has 0 aliphatic carbocycles. The van der Waals surface area contributed by atoms with Gasteiger partial charge in [0.25, 0.3) is 0 Å². The number of ether oxygens (including phenoxy) is 1. The lowest BCUT2D eigenvalue weighted by Gasteiger charge is -1.91. The molecule has 1 atom stereocenters.